The van der Waals surface area contributed by atoms with Crippen LogP contribution >= 0.6 is 0 Å². The third-order valence-corrected chi connectivity index (χ3v) is 5.05. The zero-order chi connectivity index (χ0) is 20.4. The number of benzene rings is 2. The van der Waals surface area contributed by atoms with Gasteiger partial charge in [-0.25, -0.2) is 4.39 Å². The Morgan fingerprint density at radius 3 is 2.48 bits per heavy atom. The Morgan fingerprint density at radius 2 is 1.79 bits per heavy atom. The molecule has 1 aliphatic heterocycles. The predicted molar refractivity (Wildman–Crippen MR) is 106 cm³/mol. The van der Waals surface area contributed by atoms with E-state index in [0.717, 1.165) is 5.56 Å². The molecule has 6 nitrogen and oxygen atoms in total. The topological polar surface area (TPSA) is 73.4 Å². The Balaban J connectivity index is 1.52. The Bertz CT molecular complexity index is 1090. The maximum Gasteiger partial charge on any atom is 0.254 e. The fraction of sp³-hybridized carbons (Fsp3) is 0.227. The first-order valence-electron chi connectivity index (χ1n) is 9.34. The second-order valence-electron chi connectivity index (χ2n) is 6.86. The van der Waals surface area contributed by atoms with E-state index in [2.05, 4.69) is 4.98 Å². The molecule has 0 atom stereocenters. The van der Waals surface area contributed by atoms with Crippen molar-refractivity contribution in [3.8, 4) is 17.5 Å². The standard InChI is InChI=1S/C22H19FN4O2/c1-15-6-2-3-7-16(15)21(28)26-10-12-27(13-11-26)22-19(14-24)25-20(29-22)17-8-4-5-9-18(17)23/h2-9H,10-13H2,1H3. The summed E-state index contributed by atoms with van der Waals surface area (Å²) in [5, 5.41) is 9.44. The van der Waals surface area contributed by atoms with Crippen molar-refractivity contribution in [3.63, 3.8) is 0 Å². The lowest BCUT2D eigenvalue weighted by Crippen LogP contribution is -2.49. The van der Waals surface area contributed by atoms with Gasteiger partial charge in [0.25, 0.3) is 5.91 Å². The normalized spacial score (nSPS) is 14.0. The summed E-state index contributed by atoms with van der Waals surface area (Å²) >= 11 is 0. The van der Waals surface area contributed by atoms with Crippen molar-refractivity contribution in [2.75, 3.05) is 31.1 Å². The molecule has 0 unspecified atom stereocenters. The number of hydrogen-bond donors (Lipinski definition) is 0. The number of nitriles is 1. The van der Waals surface area contributed by atoms with Gasteiger partial charge < -0.3 is 14.2 Å². The number of aryl methyl sites for hydroxylation is 1. The van der Waals surface area contributed by atoms with Crippen LogP contribution in [0.1, 0.15) is 21.6 Å². The molecule has 3 aromatic rings. The number of piperazine rings is 1. The van der Waals surface area contributed by atoms with Gasteiger partial charge in [0.2, 0.25) is 17.5 Å². The summed E-state index contributed by atoms with van der Waals surface area (Å²) in [5.41, 5.74) is 1.96. The van der Waals surface area contributed by atoms with Crippen molar-refractivity contribution in [1.29, 1.82) is 5.26 Å². The van der Waals surface area contributed by atoms with Gasteiger partial charge in [0.1, 0.15) is 11.9 Å². The highest BCUT2D eigenvalue weighted by molar-refractivity contribution is 5.95. The average Bonchev–Trinajstić information content (AvgIpc) is 3.18. The van der Waals surface area contributed by atoms with Gasteiger partial charge in [-0.2, -0.15) is 10.2 Å². The molecule has 7 heteroatoms. The van der Waals surface area contributed by atoms with Crippen LogP contribution in [-0.4, -0.2) is 42.0 Å². The smallest absolute Gasteiger partial charge is 0.254 e. The van der Waals surface area contributed by atoms with Crippen molar-refractivity contribution >= 4 is 11.8 Å². The summed E-state index contributed by atoms with van der Waals surface area (Å²) in [6, 6.07) is 15.7. The number of oxazole rings is 1. The quantitative estimate of drug-likeness (QED) is 0.683. The molecule has 1 amide bonds. The lowest BCUT2D eigenvalue weighted by atomic mass is 10.1. The van der Waals surface area contributed by atoms with Crippen LogP contribution in [0, 0.1) is 24.1 Å². The second-order valence-corrected chi connectivity index (χ2v) is 6.86. The van der Waals surface area contributed by atoms with Crippen molar-refractivity contribution in [2.45, 2.75) is 6.92 Å². The lowest BCUT2D eigenvalue weighted by Gasteiger charge is -2.34. The van der Waals surface area contributed by atoms with Crippen LogP contribution in [0.25, 0.3) is 11.5 Å². The molecule has 0 bridgehead atoms. The van der Waals surface area contributed by atoms with E-state index in [1.165, 1.54) is 6.07 Å². The third kappa shape index (κ3) is 3.57. The van der Waals surface area contributed by atoms with Crippen molar-refractivity contribution in [1.82, 2.24) is 9.88 Å². The number of rotatable bonds is 3. The molecule has 0 saturated carbocycles. The number of carbonyl (C=O) groups is 1. The molecule has 2 heterocycles. The minimum Gasteiger partial charge on any atom is -0.419 e. The molecule has 29 heavy (non-hydrogen) atoms. The summed E-state index contributed by atoms with van der Waals surface area (Å²) in [6.45, 7) is 3.90. The second kappa shape index (κ2) is 7.76. The number of halogens is 1. The van der Waals surface area contributed by atoms with Crippen LogP contribution in [0.15, 0.2) is 52.9 Å². The van der Waals surface area contributed by atoms with E-state index in [1.807, 2.05) is 42.2 Å². The van der Waals surface area contributed by atoms with Crippen LogP contribution < -0.4 is 4.90 Å². The highest BCUT2D eigenvalue weighted by Crippen LogP contribution is 2.30. The van der Waals surface area contributed by atoms with Gasteiger partial charge >= 0.3 is 0 Å². The zero-order valence-corrected chi connectivity index (χ0v) is 15.9. The maximum absolute atomic E-state index is 14.1. The van der Waals surface area contributed by atoms with Crippen LogP contribution in [-0.2, 0) is 0 Å². The average molecular weight is 390 g/mol. The predicted octanol–water partition coefficient (Wildman–Crippen LogP) is 3.62. The molecule has 1 saturated heterocycles. The van der Waals surface area contributed by atoms with Crippen molar-refractivity contribution in [3.05, 3.63) is 71.2 Å². The van der Waals surface area contributed by atoms with E-state index in [4.69, 9.17) is 4.42 Å². The molecule has 1 fully saturated rings. The van der Waals surface area contributed by atoms with Crippen LogP contribution in [0.5, 0.6) is 0 Å². The molecule has 0 N–H and O–H groups in total. The first-order chi connectivity index (χ1) is 14.1. The number of nitrogens with zero attached hydrogens (tertiary/aromatic N) is 4. The summed E-state index contributed by atoms with van der Waals surface area (Å²) in [5.74, 6) is -0.0758. The molecular formula is C22H19FN4O2. The van der Waals surface area contributed by atoms with E-state index in [-0.39, 0.29) is 23.1 Å². The van der Waals surface area contributed by atoms with E-state index in [9.17, 15) is 14.4 Å². The minimum absolute atomic E-state index is 0.00660. The number of amides is 1. The first kappa shape index (κ1) is 18.7. The van der Waals surface area contributed by atoms with Crippen LogP contribution in [0.3, 0.4) is 0 Å². The van der Waals surface area contributed by atoms with Gasteiger partial charge in [-0.3, -0.25) is 4.79 Å². The van der Waals surface area contributed by atoms with Crippen molar-refractivity contribution in [2.24, 2.45) is 0 Å². The zero-order valence-electron chi connectivity index (χ0n) is 15.9. The van der Waals surface area contributed by atoms with Gasteiger partial charge in [0.15, 0.2) is 0 Å². The monoisotopic (exact) mass is 390 g/mol. The fourth-order valence-electron chi connectivity index (χ4n) is 3.44. The molecular weight excluding hydrogens is 371 g/mol. The SMILES string of the molecule is Cc1ccccc1C(=O)N1CCN(c2oc(-c3ccccc3F)nc2C#N)CC1. The molecule has 1 aliphatic rings. The largest absolute Gasteiger partial charge is 0.419 e. The van der Waals surface area contributed by atoms with Crippen LogP contribution in [0.4, 0.5) is 10.3 Å². The first-order valence-corrected chi connectivity index (χ1v) is 9.34. The minimum atomic E-state index is -0.460. The van der Waals surface area contributed by atoms with E-state index < -0.39 is 5.82 Å². The third-order valence-electron chi connectivity index (χ3n) is 5.05. The van der Waals surface area contributed by atoms with Crippen molar-refractivity contribution < 1.29 is 13.6 Å². The molecule has 0 spiro atoms. The molecule has 1 aromatic heterocycles. The van der Waals surface area contributed by atoms with Gasteiger partial charge in [-0.15, -0.1) is 0 Å². The molecule has 0 aliphatic carbocycles. The Labute approximate surface area is 167 Å². The molecule has 2 aromatic carbocycles. The summed E-state index contributed by atoms with van der Waals surface area (Å²) < 4.78 is 19.8. The molecule has 4 rings (SSSR count). The van der Waals surface area contributed by atoms with Crippen LogP contribution in [0.2, 0.25) is 0 Å². The molecule has 0 radical (unpaired) electrons. The lowest BCUT2D eigenvalue weighted by molar-refractivity contribution is 0.0744. The van der Waals surface area contributed by atoms with Gasteiger partial charge in [0.05, 0.1) is 5.56 Å². The Morgan fingerprint density at radius 1 is 1.10 bits per heavy atom. The Kier molecular flexibility index (Phi) is 5.00. The maximum atomic E-state index is 14.1. The summed E-state index contributed by atoms with van der Waals surface area (Å²) in [7, 11) is 0. The highest BCUT2D eigenvalue weighted by Gasteiger charge is 2.27. The highest BCUT2D eigenvalue weighted by atomic mass is 19.1. The number of anilines is 1. The number of hydrogen-bond acceptors (Lipinski definition) is 5. The van der Waals surface area contributed by atoms with E-state index in [1.54, 1.807) is 23.1 Å². The van der Waals surface area contributed by atoms with Gasteiger partial charge in [-0.05, 0) is 30.7 Å². The summed E-state index contributed by atoms with van der Waals surface area (Å²) in [6.07, 6.45) is 0. The van der Waals surface area contributed by atoms with Gasteiger partial charge in [-0.1, -0.05) is 30.3 Å². The van der Waals surface area contributed by atoms with E-state index >= 15 is 0 Å². The fourth-order valence-corrected chi connectivity index (χ4v) is 3.44. The molecule has 146 valence electrons. The van der Waals surface area contributed by atoms with E-state index in [0.29, 0.717) is 37.6 Å². The summed E-state index contributed by atoms with van der Waals surface area (Å²) in [4.78, 5) is 20.6. The number of aromatic nitrogens is 1. The Hall–Kier alpha value is -3.66. The van der Waals surface area contributed by atoms with Gasteiger partial charge in [0, 0.05) is 31.7 Å². The number of carbonyl (C=O) groups excluding carboxylic acids is 1.